The number of nitrogens with one attached hydrogen (secondary N) is 3. The smallest absolute Gasteiger partial charge is 0.329 e. The zero-order chi connectivity index (χ0) is 15.1. The molecule has 108 valence electrons. The van der Waals surface area contributed by atoms with Crippen LogP contribution in [0.25, 0.3) is 0 Å². The highest BCUT2D eigenvalue weighted by Gasteiger charge is 2.11. The van der Waals surface area contributed by atoms with Crippen molar-refractivity contribution in [2.24, 2.45) is 0 Å². The highest BCUT2D eigenvalue weighted by molar-refractivity contribution is 5.95. The number of hydrogen-bond acceptors (Lipinski definition) is 3. The van der Waals surface area contributed by atoms with Crippen molar-refractivity contribution in [3.63, 3.8) is 0 Å². The van der Waals surface area contributed by atoms with Gasteiger partial charge in [-0.3, -0.25) is 15.2 Å². The van der Waals surface area contributed by atoms with Crippen molar-refractivity contribution in [1.82, 2.24) is 21.2 Å². The van der Waals surface area contributed by atoms with Crippen LogP contribution in [0, 0.1) is 0 Å². The third kappa shape index (κ3) is 4.31. The molecule has 0 radical (unpaired) electrons. The summed E-state index contributed by atoms with van der Waals surface area (Å²) < 4.78 is 0. The van der Waals surface area contributed by atoms with Crippen LogP contribution in [-0.4, -0.2) is 16.9 Å². The molecule has 6 nitrogen and oxygen atoms in total. The van der Waals surface area contributed by atoms with Crippen LogP contribution >= 0.6 is 0 Å². The number of carbonyl (C=O) groups excluding carboxylic acids is 2. The molecule has 0 aliphatic heterocycles. The second kappa shape index (κ2) is 7.04. The van der Waals surface area contributed by atoms with E-state index in [9.17, 15) is 9.59 Å². The summed E-state index contributed by atoms with van der Waals surface area (Å²) >= 11 is 0. The molecule has 1 heterocycles. The van der Waals surface area contributed by atoms with E-state index in [1.807, 2.05) is 18.2 Å². The number of rotatable bonds is 3. The van der Waals surface area contributed by atoms with Crippen LogP contribution in [0.2, 0.25) is 0 Å². The van der Waals surface area contributed by atoms with Gasteiger partial charge in [0.05, 0.1) is 11.7 Å². The highest BCUT2D eigenvalue weighted by Crippen LogP contribution is 2.06. The van der Waals surface area contributed by atoms with Crippen LogP contribution in [0.1, 0.15) is 29.0 Å². The Kier molecular flexibility index (Phi) is 4.87. The van der Waals surface area contributed by atoms with Crippen LogP contribution in [0.4, 0.5) is 4.79 Å². The molecular weight excluding hydrogens is 268 g/mol. The summed E-state index contributed by atoms with van der Waals surface area (Å²) in [4.78, 5) is 27.6. The maximum atomic E-state index is 11.7. The van der Waals surface area contributed by atoms with Gasteiger partial charge in [-0.05, 0) is 31.2 Å². The largest absolute Gasteiger partial charge is 0.334 e. The minimum Gasteiger partial charge on any atom is -0.329 e. The summed E-state index contributed by atoms with van der Waals surface area (Å²) in [6.45, 7) is 1.81. The topological polar surface area (TPSA) is 83.1 Å². The van der Waals surface area contributed by atoms with Gasteiger partial charge in [0.1, 0.15) is 0 Å². The van der Waals surface area contributed by atoms with Gasteiger partial charge in [-0.15, -0.1) is 0 Å². The summed E-state index contributed by atoms with van der Waals surface area (Å²) in [6, 6.07) is 13.3. The first-order valence-corrected chi connectivity index (χ1v) is 6.49. The van der Waals surface area contributed by atoms with Gasteiger partial charge in [-0.25, -0.2) is 10.2 Å². The predicted octanol–water partition coefficient (Wildman–Crippen LogP) is 1.79. The van der Waals surface area contributed by atoms with Gasteiger partial charge < -0.3 is 5.32 Å². The maximum absolute atomic E-state index is 11.7. The number of hydrazine groups is 1. The lowest BCUT2D eigenvalue weighted by atomic mass is 10.2. The number of amides is 3. The molecule has 2 aromatic rings. The molecular formula is C15H16N4O2. The average Bonchev–Trinajstić information content (AvgIpc) is 2.54. The van der Waals surface area contributed by atoms with Gasteiger partial charge in [0.25, 0.3) is 5.91 Å². The van der Waals surface area contributed by atoms with Crippen LogP contribution in [-0.2, 0) is 0 Å². The molecule has 3 amide bonds. The minimum absolute atomic E-state index is 0.264. The number of pyridine rings is 1. The van der Waals surface area contributed by atoms with Gasteiger partial charge in [0, 0.05) is 11.8 Å². The molecule has 0 aliphatic rings. The Hall–Kier alpha value is -2.89. The molecule has 21 heavy (non-hydrogen) atoms. The molecule has 3 N–H and O–H groups in total. The van der Waals surface area contributed by atoms with Gasteiger partial charge >= 0.3 is 6.03 Å². The Balaban J connectivity index is 1.81. The molecule has 1 aromatic heterocycles. The first-order valence-electron chi connectivity index (χ1n) is 6.49. The van der Waals surface area contributed by atoms with E-state index in [1.54, 1.807) is 43.5 Å². The monoisotopic (exact) mass is 284 g/mol. The van der Waals surface area contributed by atoms with E-state index in [0.29, 0.717) is 5.56 Å². The van der Waals surface area contributed by atoms with Gasteiger partial charge in [0.15, 0.2) is 0 Å². The third-order valence-electron chi connectivity index (χ3n) is 2.80. The van der Waals surface area contributed by atoms with Gasteiger partial charge in [-0.2, -0.15) is 0 Å². The van der Waals surface area contributed by atoms with Gasteiger partial charge in [-0.1, -0.05) is 24.3 Å². The summed E-state index contributed by atoms with van der Waals surface area (Å²) in [6.07, 6.45) is 1.66. The van der Waals surface area contributed by atoms with Crippen LogP contribution in [0.5, 0.6) is 0 Å². The first-order chi connectivity index (χ1) is 10.2. The van der Waals surface area contributed by atoms with Crippen molar-refractivity contribution in [3.8, 4) is 0 Å². The van der Waals surface area contributed by atoms with Crippen molar-refractivity contribution in [3.05, 3.63) is 66.0 Å². The molecule has 1 aromatic carbocycles. The van der Waals surface area contributed by atoms with Crippen molar-refractivity contribution < 1.29 is 9.59 Å². The quantitative estimate of drug-likeness (QED) is 0.751. The minimum atomic E-state index is -0.502. The fourth-order valence-corrected chi connectivity index (χ4v) is 1.71. The maximum Gasteiger partial charge on any atom is 0.334 e. The summed E-state index contributed by atoms with van der Waals surface area (Å²) in [7, 11) is 0. The number of urea groups is 1. The summed E-state index contributed by atoms with van der Waals surface area (Å²) in [5, 5.41) is 2.68. The molecule has 0 aliphatic carbocycles. The van der Waals surface area contributed by atoms with E-state index < -0.39 is 6.03 Å². The molecule has 0 saturated heterocycles. The third-order valence-corrected chi connectivity index (χ3v) is 2.80. The SMILES string of the molecule is C[C@@H](NC(=O)NNC(=O)c1ccccc1)c1ccccn1. The van der Waals surface area contributed by atoms with E-state index in [2.05, 4.69) is 21.2 Å². The van der Waals surface area contributed by atoms with E-state index >= 15 is 0 Å². The molecule has 0 saturated carbocycles. The fraction of sp³-hybridized carbons (Fsp3) is 0.133. The van der Waals surface area contributed by atoms with Gasteiger partial charge in [0.2, 0.25) is 0 Å². The molecule has 6 heteroatoms. The Labute approximate surface area is 122 Å². The number of hydrogen-bond donors (Lipinski definition) is 3. The second-order valence-corrected chi connectivity index (χ2v) is 4.39. The Morgan fingerprint density at radius 3 is 2.38 bits per heavy atom. The lowest BCUT2D eigenvalue weighted by Gasteiger charge is -2.14. The first kappa shape index (κ1) is 14.5. The van der Waals surface area contributed by atoms with E-state index in [4.69, 9.17) is 0 Å². The molecule has 0 spiro atoms. The number of carbonyl (C=O) groups is 2. The number of aromatic nitrogens is 1. The van der Waals surface area contributed by atoms with E-state index in [-0.39, 0.29) is 11.9 Å². The number of nitrogens with zero attached hydrogens (tertiary/aromatic N) is 1. The molecule has 0 unspecified atom stereocenters. The Morgan fingerprint density at radius 2 is 1.71 bits per heavy atom. The molecule has 2 rings (SSSR count). The van der Waals surface area contributed by atoms with Crippen molar-refractivity contribution in [2.45, 2.75) is 13.0 Å². The number of benzene rings is 1. The van der Waals surface area contributed by atoms with E-state index in [1.165, 1.54) is 0 Å². The normalized spacial score (nSPS) is 11.3. The van der Waals surface area contributed by atoms with Crippen LogP contribution in [0.3, 0.4) is 0 Å². The van der Waals surface area contributed by atoms with Crippen LogP contribution in [0.15, 0.2) is 54.7 Å². The zero-order valence-electron chi connectivity index (χ0n) is 11.5. The lowest BCUT2D eigenvalue weighted by Crippen LogP contribution is -2.47. The lowest BCUT2D eigenvalue weighted by molar-refractivity contribution is 0.0936. The molecule has 1 atom stereocenters. The molecule has 0 bridgehead atoms. The van der Waals surface area contributed by atoms with Crippen molar-refractivity contribution in [2.75, 3.05) is 0 Å². The average molecular weight is 284 g/mol. The van der Waals surface area contributed by atoms with Crippen LogP contribution < -0.4 is 16.2 Å². The zero-order valence-corrected chi connectivity index (χ0v) is 11.5. The van der Waals surface area contributed by atoms with Crippen molar-refractivity contribution in [1.29, 1.82) is 0 Å². The van der Waals surface area contributed by atoms with Crippen molar-refractivity contribution >= 4 is 11.9 Å². The highest BCUT2D eigenvalue weighted by atomic mass is 16.2. The summed E-state index contributed by atoms with van der Waals surface area (Å²) in [5.41, 5.74) is 5.84. The Bertz CT molecular complexity index is 602. The standard InChI is InChI=1S/C15H16N4O2/c1-11(13-9-5-6-10-16-13)17-15(21)19-18-14(20)12-7-3-2-4-8-12/h2-11H,1H3,(H,18,20)(H2,17,19,21)/t11-/m1/s1. The summed E-state index contributed by atoms with van der Waals surface area (Å²) in [5.74, 6) is -0.378. The van der Waals surface area contributed by atoms with E-state index in [0.717, 1.165) is 5.69 Å². The predicted molar refractivity (Wildman–Crippen MR) is 78.2 cm³/mol. The Morgan fingerprint density at radius 1 is 1.00 bits per heavy atom. The fourth-order valence-electron chi connectivity index (χ4n) is 1.71. The molecule has 0 fully saturated rings. The second-order valence-electron chi connectivity index (χ2n) is 4.39.